The standard InChI is InChI=1S/C18H26O2/c1-3-5-7-9-13-17(19)15-11-12-16-18(20)14-10-8-6-4-2/h3-8,11-12,15-16H2,1-2H3. The van der Waals surface area contributed by atoms with E-state index in [1.54, 1.807) is 0 Å². The Kier molecular flexibility index (Phi) is 12.8. The molecule has 0 saturated heterocycles. The minimum Gasteiger partial charge on any atom is -0.285 e. The SMILES string of the molecule is CCCCC#CC(=O)CCCCC(=O)C#CCCCC. The van der Waals surface area contributed by atoms with Gasteiger partial charge in [0.2, 0.25) is 11.6 Å². The van der Waals surface area contributed by atoms with Gasteiger partial charge in [0.05, 0.1) is 0 Å². The molecule has 20 heavy (non-hydrogen) atoms. The molecular formula is C18H26O2. The van der Waals surface area contributed by atoms with Gasteiger partial charge in [0.25, 0.3) is 0 Å². The first-order valence-corrected chi connectivity index (χ1v) is 7.74. The third kappa shape index (κ3) is 12.9. The molecule has 0 aliphatic heterocycles. The highest BCUT2D eigenvalue weighted by Crippen LogP contribution is 2.01. The van der Waals surface area contributed by atoms with Gasteiger partial charge >= 0.3 is 0 Å². The molecule has 0 aliphatic rings. The predicted octanol–water partition coefficient (Wildman–Crippen LogP) is 4.07. The van der Waals surface area contributed by atoms with Crippen LogP contribution in [0.4, 0.5) is 0 Å². The Hall–Kier alpha value is -1.54. The molecule has 2 nitrogen and oxygen atoms in total. The summed E-state index contributed by atoms with van der Waals surface area (Å²) >= 11 is 0. The van der Waals surface area contributed by atoms with Crippen LogP contribution in [0, 0.1) is 23.7 Å². The van der Waals surface area contributed by atoms with E-state index in [4.69, 9.17) is 0 Å². The number of ketones is 2. The Morgan fingerprint density at radius 1 is 0.700 bits per heavy atom. The Bertz CT molecular complexity index is 359. The van der Waals surface area contributed by atoms with E-state index in [0.29, 0.717) is 12.8 Å². The zero-order valence-corrected chi connectivity index (χ0v) is 12.9. The van der Waals surface area contributed by atoms with Crippen molar-refractivity contribution in [2.45, 2.75) is 78.1 Å². The van der Waals surface area contributed by atoms with Crippen molar-refractivity contribution in [3.63, 3.8) is 0 Å². The van der Waals surface area contributed by atoms with Crippen LogP contribution in [0.1, 0.15) is 78.1 Å². The number of hydrogen-bond donors (Lipinski definition) is 0. The lowest BCUT2D eigenvalue weighted by molar-refractivity contribution is -0.115. The summed E-state index contributed by atoms with van der Waals surface area (Å²) in [5, 5.41) is 0. The van der Waals surface area contributed by atoms with E-state index >= 15 is 0 Å². The molecule has 0 aromatic carbocycles. The fourth-order valence-corrected chi connectivity index (χ4v) is 1.55. The summed E-state index contributed by atoms with van der Waals surface area (Å²) in [7, 11) is 0. The summed E-state index contributed by atoms with van der Waals surface area (Å²) in [4.78, 5) is 22.8. The van der Waals surface area contributed by atoms with Gasteiger partial charge in [-0.1, -0.05) is 38.5 Å². The molecule has 0 heterocycles. The molecule has 0 spiro atoms. The van der Waals surface area contributed by atoms with Crippen molar-refractivity contribution in [1.82, 2.24) is 0 Å². The Labute approximate surface area is 123 Å². The third-order valence-electron chi connectivity index (χ3n) is 2.82. The average Bonchev–Trinajstić information content (AvgIpc) is 2.44. The van der Waals surface area contributed by atoms with Crippen LogP contribution in [0.3, 0.4) is 0 Å². The van der Waals surface area contributed by atoms with Gasteiger partial charge in [-0.25, -0.2) is 0 Å². The van der Waals surface area contributed by atoms with E-state index in [-0.39, 0.29) is 11.6 Å². The molecule has 110 valence electrons. The molecule has 0 aromatic heterocycles. The normalized spacial score (nSPS) is 9.10. The summed E-state index contributed by atoms with van der Waals surface area (Å²) in [5.41, 5.74) is 0. The lowest BCUT2D eigenvalue weighted by Gasteiger charge is -1.94. The van der Waals surface area contributed by atoms with E-state index in [9.17, 15) is 9.59 Å². The largest absolute Gasteiger partial charge is 0.285 e. The van der Waals surface area contributed by atoms with Crippen LogP contribution in [0.15, 0.2) is 0 Å². The van der Waals surface area contributed by atoms with Crippen LogP contribution in [-0.4, -0.2) is 11.6 Å². The van der Waals surface area contributed by atoms with Crippen LogP contribution in [0.5, 0.6) is 0 Å². The van der Waals surface area contributed by atoms with Gasteiger partial charge in [0.15, 0.2) is 0 Å². The molecule has 0 bridgehead atoms. The molecule has 0 saturated carbocycles. The average molecular weight is 274 g/mol. The molecule has 0 radical (unpaired) electrons. The molecule has 0 amide bonds. The van der Waals surface area contributed by atoms with E-state index in [1.807, 2.05) is 0 Å². The lowest BCUT2D eigenvalue weighted by atomic mass is 10.1. The monoisotopic (exact) mass is 274 g/mol. The van der Waals surface area contributed by atoms with Crippen LogP contribution in [0.2, 0.25) is 0 Å². The van der Waals surface area contributed by atoms with Crippen molar-refractivity contribution in [2.24, 2.45) is 0 Å². The Balaban J connectivity index is 3.63. The van der Waals surface area contributed by atoms with Crippen LogP contribution >= 0.6 is 0 Å². The van der Waals surface area contributed by atoms with Gasteiger partial charge in [-0.05, 0) is 37.5 Å². The molecule has 0 aliphatic carbocycles. The summed E-state index contributed by atoms with van der Waals surface area (Å²) in [6.07, 6.45) is 8.26. The zero-order chi connectivity index (χ0) is 15.1. The smallest absolute Gasteiger partial charge is 0.205 e. The first-order valence-electron chi connectivity index (χ1n) is 7.74. The van der Waals surface area contributed by atoms with Crippen molar-refractivity contribution in [2.75, 3.05) is 0 Å². The maximum absolute atomic E-state index is 11.4. The highest BCUT2D eigenvalue weighted by atomic mass is 16.1. The van der Waals surface area contributed by atoms with E-state index in [0.717, 1.165) is 51.4 Å². The second-order valence-corrected chi connectivity index (χ2v) is 4.86. The van der Waals surface area contributed by atoms with Crippen molar-refractivity contribution in [3.8, 4) is 23.7 Å². The number of Topliss-reactive ketones (excluding diaryl/α,β-unsaturated/α-hetero) is 2. The van der Waals surface area contributed by atoms with Gasteiger partial charge in [-0.3, -0.25) is 9.59 Å². The van der Waals surface area contributed by atoms with E-state index < -0.39 is 0 Å². The second kappa shape index (κ2) is 13.9. The molecular weight excluding hydrogens is 248 g/mol. The fourth-order valence-electron chi connectivity index (χ4n) is 1.55. The molecule has 0 rings (SSSR count). The molecule has 0 fully saturated rings. The molecule has 0 unspecified atom stereocenters. The Morgan fingerprint density at radius 2 is 1.10 bits per heavy atom. The predicted molar refractivity (Wildman–Crippen MR) is 83.1 cm³/mol. The molecule has 0 N–H and O–H groups in total. The van der Waals surface area contributed by atoms with Gasteiger partial charge < -0.3 is 0 Å². The minimum absolute atomic E-state index is 0.0115. The number of carbonyl (C=O) groups is 2. The zero-order valence-electron chi connectivity index (χ0n) is 12.9. The summed E-state index contributed by atoms with van der Waals surface area (Å²) in [6.45, 7) is 4.21. The van der Waals surface area contributed by atoms with Gasteiger partial charge in [-0.2, -0.15) is 0 Å². The second-order valence-electron chi connectivity index (χ2n) is 4.86. The number of hydrogen-bond acceptors (Lipinski definition) is 2. The first kappa shape index (κ1) is 18.5. The van der Waals surface area contributed by atoms with Crippen molar-refractivity contribution < 1.29 is 9.59 Å². The number of unbranched alkanes of at least 4 members (excludes halogenated alkanes) is 5. The van der Waals surface area contributed by atoms with Gasteiger partial charge in [0.1, 0.15) is 0 Å². The van der Waals surface area contributed by atoms with Crippen molar-refractivity contribution in [1.29, 1.82) is 0 Å². The van der Waals surface area contributed by atoms with E-state index in [2.05, 4.69) is 37.5 Å². The summed E-state index contributed by atoms with van der Waals surface area (Å²) in [5.74, 6) is 11.1. The number of carbonyl (C=O) groups excluding carboxylic acids is 2. The summed E-state index contributed by atoms with van der Waals surface area (Å²) < 4.78 is 0. The van der Waals surface area contributed by atoms with Crippen LogP contribution in [-0.2, 0) is 9.59 Å². The van der Waals surface area contributed by atoms with Crippen LogP contribution in [0.25, 0.3) is 0 Å². The highest BCUT2D eigenvalue weighted by molar-refractivity contribution is 5.96. The molecule has 2 heteroatoms. The topological polar surface area (TPSA) is 34.1 Å². The fraction of sp³-hybridized carbons (Fsp3) is 0.667. The lowest BCUT2D eigenvalue weighted by Crippen LogP contribution is -1.97. The maximum Gasteiger partial charge on any atom is 0.205 e. The Morgan fingerprint density at radius 3 is 1.45 bits per heavy atom. The minimum atomic E-state index is -0.0115. The summed E-state index contributed by atoms with van der Waals surface area (Å²) in [6, 6.07) is 0. The van der Waals surface area contributed by atoms with Gasteiger partial charge in [0, 0.05) is 25.7 Å². The van der Waals surface area contributed by atoms with Crippen molar-refractivity contribution >= 4 is 11.6 Å². The van der Waals surface area contributed by atoms with E-state index in [1.165, 1.54) is 0 Å². The number of rotatable bonds is 9. The highest BCUT2D eigenvalue weighted by Gasteiger charge is 2.00. The van der Waals surface area contributed by atoms with Crippen LogP contribution < -0.4 is 0 Å². The quantitative estimate of drug-likeness (QED) is 0.361. The first-order chi connectivity index (χ1) is 9.70. The van der Waals surface area contributed by atoms with Gasteiger partial charge in [-0.15, -0.1) is 0 Å². The maximum atomic E-state index is 11.4. The van der Waals surface area contributed by atoms with Crippen molar-refractivity contribution in [3.05, 3.63) is 0 Å². The molecule has 0 atom stereocenters. The molecule has 0 aromatic rings. The third-order valence-corrected chi connectivity index (χ3v) is 2.82.